The van der Waals surface area contributed by atoms with Crippen molar-refractivity contribution in [1.82, 2.24) is 14.7 Å². The Kier molecular flexibility index (Phi) is 4.02. The Morgan fingerprint density at radius 1 is 1.35 bits per heavy atom. The number of likely N-dealkylation sites (tertiary alicyclic amines) is 1. The largest absolute Gasteiger partial charge is 0.481 e. The van der Waals surface area contributed by atoms with Crippen LogP contribution in [0.5, 0.6) is 0 Å². The second kappa shape index (κ2) is 5.72. The summed E-state index contributed by atoms with van der Waals surface area (Å²) in [5, 5.41) is 11.0. The minimum absolute atomic E-state index is 0.0336. The van der Waals surface area contributed by atoms with Crippen LogP contribution in [0.25, 0.3) is 0 Å². The molecule has 8 heteroatoms. The van der Waals surface area contributed by atoms with Crippen LogP contribution in [0, 0.1) is 5.92 Å². The van der Waals surface area contributed by atoms with Crippen LogP contribution in [0.15, 0.2) is 21.7 Å². The van der Waals surface area contributed by atoms with Gasteiger partial charge in [0.25, 0.3) is 11.1 Å². The number of rotatable bonds is 4. The maximum Gasteiger partial charge on any atom is 0.303 e. The van der Waals surface area contributed by atoms with Gasteiger partial charge in [-0.1, -0.05) is 0 Å². The van der Waals surface area contributed by atoms with E-state index in [9.17, 15) is 19.2 Å². The van der Waals surface area contributed by atoms with Crippen molar-refractivity contribution in [1.29, 1.82) is 0 Å². The molecule has 2 heterocycles. The molecule has 1 saturated heterocycles. The van der Waals surface area contributed by atoms with Crippen LogP contribution in [0.4, 0.5) is 0 Å². The summed E-state index contributed by atoms with van der Waals surface area (Å²) in [4.78, 5) is 46.7. The third-order valence-electron chi connectivity index (χ3n) is 3.28. The average molecular weight is 281 g/mol. The lowest BCUT2D eigenvalue weighted by Crippen LogP contribution is -2.37. The predicted octanol–water partition coefficient (Wildman–Crippen LogP) is -1.14. The highest BCUT2D eigenvalue weighted by Gasteiger charge is 2.27. The summed E-state index contributed by atoms with van der Waals surface area (Å²) in [5.41, 5.74) is -0.915. The van der Waals surface area contributed by atoms with E-state index in [2.05, 4.69) is 5.10 Å². The fraction of sp³-hybridized carbons (Fsp3) is 0.500. The topological polar surface area (TPSA) is 112 Å². The van der Waals surface area contributed by atoms with Gasteiger partial charge in [-0.2, -0.15) is 0 Å². The van der Waals surface area contributed by atoms with Crippen molar-refractivity contribution in [3.8, 4) is 0 Å². The Morgan fingerprint density at radius 3 is 2.80 bits per heavy atom. The normalized spacial score (nSPS) is 18.2. The van der Waals surface area contributed by atoms with Gasteiger partial charge in [0.05, 0.1) is 0 Å². The number of carbonyl (C=O) groups excluding carboxylic acids is 1. The molecule has 0 saturated carbocycles. The number of amides is 1. The van der Waals surface area contributed by atoms with E-state index in [1.807, 2.05) is 0 Å². The first-order chi connectivity index (χ1) is 9.45. The van der Waals surface area contributed by atoms with Crippen LogP contribution in [0.3, 0.4) is 0 Å². The molecule has 1 aromatic rings. The number of aromatic nitrogens is 2. The number of nitrogens with one attached hydrogen (secondary N) is 1. The molecule has 0 radical (unpaired) electrons. The minimum Gasteiger partial charge on any atom is -0.481 e. The molecule has 1 aliphatic heterocycles. The molecule has 2 rings (SSSR count). The van der Waals surface area contributed by atoms with E-state index in [-0.39, 0.29) is 24.8 Å². The quantitative estimate of drug-likeness (QED) is 0.724. The van der Waals surface area contributed by atoms with Crippen molar-refractivity contribution < 1.29 is 14.7 Å². The maximum absolute atomic E-state index is 12.0. The number of carbonyl (C=O) groups is 2. The van der Waals surface area contributed by atoms with Gasteiger partial charge in [-0.15, -0.1) is 0 Å². The summed E-state index contributed by atoms with van der Waals surface area (Å²) in [5.74, 6) is -1.24. The first-order valence-electron chi connectivity index (χ1n) is 6.25. The van der Waals surface area contributed by atoms with Crippen molar-refractivity contribution >= 4 is 11.9 Å². The summed E-state index contributed by atoms with van der Waals surface area (Å²) in [6, 6.07) is 2.20. The van der Waals surface area contributed by atoms with E-state index in [1.54, 1.807) is 0 Å². The summed E-state index contributed by atoms with van der Waals surface area (Å²) < 4.78 is 0.954. The average Bonchev–Trinajstić information content (AvgIpc) is 2.81. The van der Waals surface area contributed by atoms with Gasteiger partial charge >= 0.3 is 5.97 Å². The van der Waals surface area contributed by atoms with Crippen LogP contribution >= 0.6 is 0 Å². The van der Waals surface area contributed by atoms with Gasteiger partial charge in [-0.3, -0.25) is 24.3 Å². The molecule has 8 nitrogen and oxygen atoms in total. The van der Waals surface area contributed by atoms with Gasteiger partial charge in [0.1, 0.15) is 6.54 Å². The number of nitrogens with zero attached hydrogens (tertiary/aromatic N) is 2. The molecule has 1 unspecified atom stereocenters. The predicted molar refractivity (Wildman–Crippen MR) is 68.3 cm³/mol. The van der Waals surface area contributed by atoms with Crippen LogP contribution in [-0.2, 0) is 16.1 Å². The molecule has 1 amide bonds. The van der Waals surface area contributed by atoms with E-state index in [0.717, 1.165) is 16.8 Å². The highest BCUT2D eigenvalue weighted by molar-refractivity contribution is 5.76. The second-order valence-electron chi connectivity index (χ2n) is 4.83. The van der Waals surface area contributed by atoms with Crippen LogP contribution in [0.1, 0.15) is 12.8 Å². The van der Waals surface area contributed by atoms with E-state index in [1.165, 1.54) is 4.90 Å². The third-order valence-corrected chi connectivity index (χ3v) is 3.28. The minimum atomic E-state index is -0.882. The molecule has 2 N–H and O–H groups in total. The molecular weight excluding hydrogens is 266 g/mol. The highest BCUT2D eigenvalue weighted by atomic mass is 16.4. The molecule has 1 aromatic heterocycles. The molecule has 1 atom stereocenters. The van der Waals surface area contributed by atoms with E-state index in [0.29, 0.717) is 19.5 Å². The number of hydrogen-bond donors (Lipinski definition) is 2. The molecule has 0 bridgehead atoms. The molecule has 0 aliphatic carbocycles. The standard InChI is InChI=1S/C12H15N3O5/c16-9-1-2-10(17)15(13-9)7-11(18)14-4-3-8(6-14)5-12(19)20/h1-2,8H,3-7H2,(H,13,16)(H,19,20). The lowest BCUT2D eigenvalue weighted by molar-refractivity contribution is -0.138. The second-order valence-corrected chi connectivity index (χ2v) is 4.83. The van der Waals surface area contributed by atoms with Crippen LogP contribution < -0.4 is 11.1 Å². The first-order valence-corrected chi connectivity index (χ1v) is 6.25. The van der Waals surface area contributed by atoms with Gasteiger partial charge < -0.3 is 10.0 Å². The number of aliphatic carboxylic acids is 1. The van der Waals surface area contributed by atoms with Crippen LogP contribution in [0.2, 0.25) is 0 Å². The Balaban J connectivity index is 1.99. The summed E-state index contributed by atoms with van der Waals surface area (Å²) in [7, 11) is 0. The van der Waals surface area contributed by atoms with Crippen molar-refractivity contribution in [2.24, 2.45) is 5.92 Å². The van der Waals surface area contributed by atoms with Crippen LogP contribution in [-0.4, -0.2) is 44.8 Å². The summed E-state index contributed by atoms with van der Waals surface area (Å²) in [6.07, 6.45) is 0.671. The SMILES string of the molecule is O=C(O)CC1CCN(C(=O)Cn2[nH]c(=O)ccc2=O)C1. The fourth-order valence-corrected chi connectivity index (χ4v) is 2.29. The van der Waals surface area contributed by atoms with E-state index in [4.69, 9.17) is 5.11 Å². The van der Waals surface area contributed by atoms with Crippen molar-refractivity contribution in [3.63, 3.8) is 0 Å². The lowest BCUT2D eigenvalue weighted by atomic mass is 10.1. The number of hydrogen-bond acceptors (Lipinski definition) is 4. The molecule has 1 fully saturated rings. The monoisotopic (exact) mass is 281 g/mol. The lowest BCUT2D eigenvalue weighted by Gasteiger charge is -2.16. The van der Waals surface area contributed by atoms with E-state index < -0.39 is 17.1 Å². The zero-order valence-corrected chi connectivity index (χ0v) is 10.7. The Bertz CT molecular complexity index is 632. The Hall–Kier alpha value is -2.38. The first kappa shape index (κ1) is 14.0. The van der Waals surface area contributed by atoms with Gasteiger partial charge in [0.15, 0.2) is 0 Å². The zero-order valence-electron chi connectivity index (χ0n) is 10.7. The number of carboxylic acid groups (broad SMARTS) is 1. The molecule has 1 aliphatic rings. The molecular formula is C12H15N3O5. The van der Waals surface area contributed by atoms with Gasteiger partial charge in [0.2, 0.25) is 5.91 Å². The number of aromatic amines is 1. The van der Waals surface area contributed by atoms with Crippen molar-refractivity contribution in [2.75, 3.05) is 13.1 Å². The van der Waals surface area contributed by atoms with Crippen molar-refractivity contribution in [2.45, 2.75) is 19.4 Å². The molecule has 20 heavy (non-hydrogen) atoms. The van der Waals surface area contributed by atoms with Gasteiger partial charge in [-0.25, -0.2) is 4.68 Å². The smallest absolute Gasteiger partial charge is 0.303 e. The molecule has 0 aromatic carbocycles. The zero-order chi connectivity index (χ0) is 14.7. The number of H-pyrrole nitrogens is 1. The maximum atomic E-state index is 12.0. The number of carboxylic acids is 1. The molecule has 108 valence electrons. The summed E-state index contributed by atoms with van der Waals surface area (Å²) in [6.45, 7) is 0.605. The van der Waals surface area contributed by atoms with Gasteiger partial charge in [0, 0.05) is 31.6 Å². The third kappa shape index (κ3) is 3.34. The molecule has 0 spiro atoms. The van der Waals surface area contributed by atoms with Gasteiger partial charge in [-0.05, 0) is 12.3 Å². The van der Waals surface area contributed by atoms with Crippen molar-refractivity contribution in [3.05, 3.63) is 32.8 Å². The summed E-state index contributed by atoms with van der Waals surface area (Å²) >= 11 is 0. The fourth-order valence-electron chi connectivity index (χ4n) is 2.29. The Morgan fingerprint density at radius 2 is 2.10 bits per heavy atom. The Labute approximate surface area is 113 Å². The highest BCUT2D eigenvalue weighted by Crippen LogP contribution is 2.19. The van der Waals surface area contributed by atoms with E-state index >= 15 is 0 Å².